The van der Waals surface area contributed by atoms with E-state index in [0.717, 1.165) is 0 Å². The highest BCUT2D eigenvalue weighted by Gasteiger charge is 2.43. The molecule has 2 atom stereocenters. The zero-order valence-corrected chi connectivity index (χ0v) is 24.1. The van der Waals surface area contributed by atoms with Crippen molar-refractivity contribution in [2.75, 3.05) is 26.2 Å². The van der Waals surface area contributed by atoms with Crippen molar-refractivity contribution in [1.82, 2.24) is 14.7 Å². The fourth-order valence-corrected chi connectivity index (χ4v) is 5.33. The molecule has 2 aromatic rings. The molecule has 2 aliphatic rings. The molecule has 0 aromatic heterocycles. The lowest BCUT2D eigenvalue weighted by Crippen LogP contribution is -2.46. The summed E-state index contributed by atoms with van der Waals surface area (Å²) < 4.78 is 38.7. The predicted molar refractivity (Wildman–Crippen MR) is 150 cm³/mol. The van der Waals surface area contributed by atoms with E-state index in [0.29, 0.717) is 31.5 Å². The monoisotopic (exact) mass is 589 g/mol. The minimum Gasteiger partial charge on any atom is -0.444 e. The quantitative estimate of drug-likeness (QED) is 0.415. The van der Waals surface area contributed by atoms with Gasteiger partial charge in [0, 0.05) is 44.2 Å². The van der Waals surface area contributed by atoms with Gasteiger partial charge in [-0.25, -0.2) is 18.4 Å². The van der Waals surface area contributed by atoms with E-state index in [2.05, 4.69) is 6.58 Å². The third kappa shape index (κ3) is 7.35. The van der Waals surface area contributed by atoms with Gasteiger partial charge in [-0.2, -0.15) is 0 Å². The van der Waals surface area contributed by atoms with Crippen LogP contribution in [0.1, 0.15) is 45.1 Å². The summed E-state index contributed by atoms with van der Waals surface area (Å²) in [6, 6.07) is 8.79. The fraction of sp³-hybridized carbons (Fsp3) is 0.433. The zero-order chi connectivity index (χ0) is 29.9. The van der Waals surface area contributed by atoms with Gasteiger partial charge in [0.2, 0.25) is 5.91 Å². The maximum atomic E-state index is 14.5. The largest absolute Gasteiger partial charge is 0.444 e. The van der Waals surface area contributed by atoms with Crippen molar-refractivity contribution in [1.29, 1.82) is 0 Å². The maximum Gasteiger partial charge on any atom is 0.419 e. The van der Waals surface area contributed by atoms with E-state index in [1.165, 1.54) is 47.5 Å². The molecule has 2 aromatic carbocycles. The maximum absolute atomic E-state index is 14.5. The highest BCUT2D eigenvalue weighted by molar-refractivity contribution is 6.30. The normalized spacial score (nSPS) is 19.6. The second-order valence-corrected chi connectivity index (χ2v) is 11.7. The third-order valence-corrected chi connectivity index (χ3v) is 7.56. The number of carbonyl (C=O) groups excluding carboxylic acids is 3. The lowest BCUT2D eigenvalue weighted by atomic mass is 9.93. The van der Waals surface area contributed by atoms with Crippen LogP contribution in [0.15, 0.2) is 55.2 Å². The van der Waals surface area contributed by atoms with E-state index in [1.807, 2.05) is 0 Å². The molecule has 0 unspecified atom stereocenters. The highest BCUT2D eigenvalue weighted by Crippen LogP contribution is 2.35. The van der Waals surface area contributed by atoms with Gasteiger partial charge in [-0.15, -0.1) is 0 Å². The van der Waals surface area contributed by atoms with Crippen molar-refractivity contribution >= 4 is 29.7 Å². The summed E-state index contributed by atoms with van der Waals surface area (Å²) in [5.41, 5.74) is -0.0485. The van der Waals surface area contributed by atoms with E-state index >= 15 is 0 Å². The van der Waals surface area contributed by atoms with E-state index in [4.69, 9.17) is 21.1 Å². The molecule has 8 nitrogen and oxygen atoms in total. The van der Waals surface area contributed by atoms with Crippen LogP contribution in [0.25, 0.3) is 0 Å². The Morgan fingerprint density at radius 1 is 1.02 bits per heavy atom. The second kappa shape index (κ2) is 12.5. The van der Waals surface area contributed by atoms with Gasteiger partial charge in [-0.1, -0.05) is 24.2 Å². The van der Waals surface area contributed by atoms with Crippen LogP contribution >= 0.6 is 11.6 Å². The average Bonchev–Trinajstić information content (AvgIpc) is 3.35. The van der Waals surface area contributed by atoms with E-state index in [1.54, 1.807) is 36.6 Å². The Morgan fingerprint density at radius 2 is 1.68 bits per heavy atom. The number of piperidine rings is 1. The average molecular weight is 590 g/mol. The number of halogens is 3. The number of benzene rings is 2. The van der Waals surface area contributed by atoms with Gasteiger partial charge in [0.1, 0.15) is 23.0 Å². The molecule has 41 heavy (non-hydrogen) atoms. The predicted octanol–water partition coefficient (Wildman–Crippen LogP) is 6.20. The molecule has 0 radical (unpaired) electrons. The molecule has 0 spiro atoms. The number of carbonyl (C=O) groups is 3. The molecule has 4 rings (SSSR count). The van der Waals surface area contributed by atoms with Crippen molar-refractivity contribution in [3.63, 3.8) is 0 Å². The van der Waals surface area contributed by atoms with Crippen LogP contribution in [0.4, 0.5) is 18.4 Å². The third-order valence-electron chi connectivity index (χ3n) is 7.25. The number of hydrogen-bond donors (Lipinski definition) is 0. The molecule has 2 heterocycles. The highest BCUT2D eigenvalue weighted by atomic mass is 35.5. The molecule has 3 amide bonds. The summed E-state index contributed by atoms with van der Waals surface area (Å²) in [6.07, 6.45) is 1.07. The zero-order valence-electron chi connectivity index (χ0n) is 23.3. The molecular formula is C30H34ClF2N3O5. The molecule has 2 fully saturated rings. The Morgan fingerprint density at radius 3 is 2.27 bits per heavy atom. The van der Waals surface area contributed by atoms with Crippen molar-refractivity contribution in [3.05, 3.63) is 77.5 Å². The molecule has 2 saturated heterocycles. The number of hydrogen-bond acceptors (Lipinski definition) is 5. The van der Waals surface area contributed by atoms with Crippen LogP contribution in [0.3, 0.4) is 0 Å². The van der Waals surface area contributed by atoms with Gasteiger partial charge in [-0.05, 0) is 75.6 Å². The molecule has 0 aliphatic carbocycles. The smallest absolute Gasteiger partial charge is 0.419 e. The summed E-state index contributed by atoms with van der Waals surface area (Å²) in [7, 11) is 0. The van der Waals surface area contributed by atoms with Crippen LogP contribution in [0.5, 0.6) is 5.75 Å². The van der Waals surface area contributed by atoms with Crippen molar-refractivity contribution < 1.29 is 32.6 Å². The van der Waals surface area contributed by atoms with E-state index < -0.39 is 41.4 Å². The molecule has 2 aliphatic heterocycles. The Balaban J connectivity index is 1.51. The Labute approximate surface area is 243 Å². The molecular weight excluding hydrogens is 556 g/mol. The van der Waals surface area contributed by atoms with Gasteiger partial charge in [0.25, 0.3) is 0 Å². The number of amides is 3. The van der Waals surface area contributed by atoms with Gasteiger partial charge in [0.15, 0.2) is 0 Å². The summed E-state index contributed by atoms with van der Waals surface area (Å²) in [4.78, 5) is 43.8. The minimum atomic E-state index is -0.768. The summed E-state index contributed by atoms with van der Waals surface area (Å²) in [5, 5.41) is -0.0377. The second-order valence-electron chi connectivity index (χ2n) is 11.2. The number of likely N-dealkylation sites (tertiary alicyclic amines) is 2. The molecule has 11 heteroatoms. The first-order valence-corrected chi connectivity index (χ1v) is 13.8. The van der Waals surface area contributed by atoms with Gasteiger partial charge < -0.3 is 19.3 Å². The Kier molecular flexibility index (Phi) is 9.21. The Bertz CT molecular complexity index is 1290. The summed E-state index contributed by atoms with van der Waals surface area (Å²) in [5.74, 6) is -1.84. The van der Waals surface area contributed by atoms with Crippen LogP contribution in [0.2, 0.25) is 5.02 Å². The van der Waals surface area contributed by atoms with Gasteiger partial charge >= 0.3 is 12.2 Å². The number of ether oxygens (including phenoxy) is 2. The number of rotatable bonds is 5. The Hall–Kier alpha value is -3.66. The lowest BCUT2D eigenvalue weighted by Gasteiger charge is -2.34. The first-order valence-electron chi connectivity index (χ1n) is 13.5. The summed E-state index contributed by atoms with van der Waals surface area (Å²) >= 11 is 5.91. The number of nitrogens with zero attached hydrogens (tertiary/aromatic N) is 3. The van der Waals surface area contributed by atoms with Crippen LogP contribution in [0, 0.1) is 17.6 Å². The van der Waals surface area contributed by atoms with Crippen LogP contribution in [-0.2, 0) is 9.53 Å². The van der Waals surface area contributed by atoms with E-state index in [-0.39, 0.29) is 35.7 Å². The first-order chi connectivity index (χ1) is 19.4. The van der Waals surface area contributed by atoms with Crippen molar-refractivity contribution in [2.45, 2.75) is 51.2 Å². The standard InChI is InChI=1S/C30H34ClF2N3O5/c1-5-36(29(39)40-22-9-7-21(32)8-10-22)26-18-35(17-23(26)20-6-11-24(31)25(33)16-20)27(37)19-12-14-34(15-13-19)28(38)41-30(2,3)4/h5-11,16,19,23,26H,1,12-15,17-18H2,2-4H3/t23-,26+/m0/s1. The van der Waals surface area contributed by atoms with Crippen molar-refractivity contribution in [2.24, 2.45) is 5.92 Å². The molecule has 0 bridgehead atoms. The first kappa shape index (κ1) is 30.3. The molecule has 0 N–H and O–H groups in total. The van der Waals surface area contributed by atoms with Crippen LogP contribution in [-0.4, -0.2) is 70.6 Å². The molecule has 0 saturated carbocycles. The lowest BCUT2D eigenvalue weighted by molar-refractivity contribution is -0.136. The minimum absolute atomic E-state index is 0.0377. The van der Waals surface area contributed by atoms with Gasteiger partial charge in [0.05, 0.1) is 11.1 Å². The topological polar surface area (TPSA) is 79.4 Å². The fourth-order valence-electron chi connectivity index (χ4n) is 5.21. The van der Waals surface area contributed by atoms with Crippen LogP contribution < -0.4 is 4.74 Å². The van der Waals surface area contributed by atoms with Gasteiger partial charge in [-0.3, -0.25) is 9.69 Å². The SMILES string of the molecule is C=CN(C(=O)Oc1ccc(F)cc1)[C@@H]1CN(C(=O)C2CCN(C(=O)OC(C)(C)C)CC2)C[C@H]1c1ccc(Cl)c(F)c1. The van der Waals surface area contributed by atoms with E-state index in [9.17, 15) is 23.2 Å². The molecule has 220 valence electrons. The summed E-state index contributed by atoms with van der Waals surface area (Å²) in [6.45, 7) is 10.3. The van der Waals surface area contributed by atoms with Crippen molar-refractivity contribution in [3.8, 4) is 5.75 Å².